The Labute approximate surface area is 161 Å². The molecule has 2 unspecified atom stereocenters. The second kappa shape index (κ2) is 8.60. The highest BCUT2D eigenvalue weighted by Gasteiger charge is 2.42. The summed E-state index contributed by atoms with van der Waals surface area (Å²) in [6.07, 6.45) is 0. The van der Waals surface area contributed by atoms with Crippen LogP contribution in [-0.2, 0) is 19.1 Å². The van der Waals surface area contributed by atoms with Crippen LogP contribution in [0.15, 0.2) is 40.5 Å². The van der Waals surface area contributed by atoms with Gasteiger partial charge in [0, 0.05) is 20.9 Å². The number of carbonyl (C=O) groups is 2. The van der Waals surface area contributed by atoms with E-state index in [2.05, 4.69) is 27.6 Å². The van der Waals surface area contributed by atoms with Crippen LogP contribution in [0.3, 0.4) is 0 Å². The summed E-state index contributed by atoms with van der Waals surface area (Å²) < 4.78 is 11.5. The van der Waals surface area contributed by atoms with Crippen molar-refractivity contribution in [2.45, 2.75) is 33.6 Å². The van der Waals surface area contributed by atoms with Gasteiger partial charge in [0.2, 0.25) is 0 Å². The maximum absolute atomic E-state index is 12.7. The fourth-order valence-electron chi connectivity index (χ4n) is 3.11. The normalized spacial score (nSPS) is 20.1. The minimum atomic E-state index is -0.640. The van der Waals surface area contributed by atoms with Crippen LogP contribution in [-0.4, -0.2) is 30.9 Å². The van der Waals surface area contributed by atoms with E-state index in [0.717, 1.165) is 9.13 Å². The molecule has 0 radical (unpaired) electrons. The third kappa shape index (κ3) is 4.11. The van der Waals surface area contributed by atoms with Gasteiger partial charge in [0.05, 0.1) is 18.8 Å². The highest BCUT2D eigenvalue weighted by molar-refractivity contribution is 14.1. The number of hydrogen-bond acceptors (Lipinski definition) is 5. The number of rotatable bonds is 5. The first-order valence-electron chi connectivity index (χ1n) is 8.26. The largest absolute Gasteiger partial charge is 0.465 e. The lowest BCUT2D eigenvalue weighted by atomic mass is 9.75. The molecule has 1 aliphatic heterocycles. The molecule has 1 aromatic rings. The van der Waals surface area contributed by atoms with Crippen LogP contribution in [0.4, 0.5) is 0 Å². The number of ether oxygens (including phenoxy) is 2. The molecule has 0 saturated carbocycles. The summed E-state index contributed by atoms with van der Waals surface area (Å²) in [6.45, 7) is 7.65. The lowest BCUT2D eigenvalue weighted by Gasteiger charge is -2.32. The third-order valence-electron chi connectivity index (χ3n) is 4.10. The van der Waals surface area contributed by atoms with Gasteiger partial charge in [-0.2, -0.15) is 0 Å². The second-order valence-electron chi connectivity index (χ2n) is 5.70. The molecule has 0 spiro atoms. The van der Waals surface area contributed by atoms with Crippen LogP contribution >= 0.6 is 22.6 Å². The first kappa shape index (κ1) is 19.6. The van der Waals surface area contributed by atoms with Gasteiger partial charge in [-0.05, 0) is 61.9 Å². The van der Waals surface area contributed by atoms with Crippen LogP contribution in [0.5, 0.6) is 0 Å². The number of hydrogen-bond donors (Lipinski definition) is 0. The van der Waals surface area contributed by atoms with Gasteiger partial charge in [0.1, 0.15) is 5.92 Å². The number of esters is 2. The molecule has 0 fully saturated rings. The Morgan fingerprint density at radius 3 is 2.36 bits per heavy atom. The van der Waals surface area contributed by atoms with Crippen LogP contribution < -0.4 is 0 Å². The van der Waals surface area contributed by atoms with Crippen molar-refractivity contribution in [3.8, 4) is 0 Å². The SMILES string of the molecule is CCOC(=O)C1=C(C)N=C(C)C(C(=O)OCC)C1c1ccccc1I. The van der Waals surface area contributed by atoms with Crippen molar-refractivity contribution in [3.05, 3.63) is 44.7 Å². The first-order valence-corrected chi connectivity index (χ1v) is 9.34. The molecule has 1 aromatic carbocycles. The molecule has 0 saturated heterocycles. The van der Waals surface area contributed by atoms with Crippen molar-refractivity contribution in [2.75, 3.05) is 13.2 Å². The summed E-state index contributed by atoms with van der Waals surface area (Å²) in [4.78, 5) is 29.7. The van der Waals surface area contributed by atoms with E-state index < -0.39 is 17.8 Å². The van der Waals surface area contributed by atoms with E-state index in [0.29, 0.717) is 17.0 Å². The van der Waals surface area contributed by atoms with Gasteiger partial charge in [-0.25, -0.2) is 4.79 Å². The van der Waals surface area contributed by atoms with Crippen molar-refractivity contribution in [2.24, 2.45) is 10.9 Å². The van der Waals surface area contributed by atoms with Crippen LogP contribution in [0, 0.1) is 9.49 Å². The standard InChI is InChI=1S/C19H22INO4/c1-5-24-18(22)15-11(3)21-12(4)16(19(23)25-6-2)17(15)13-9-7-8-10-14(13)20/h7-10,15,17H,5-6H2,1-4H3. The van der Waals surface area contributed by atoms with E-state index >= 15 is 0 Å². The van der Waals surface area contributed by atoms with Gasteiger partial charge in [-0.1, -0.05) is 18.2 Å². The maximum atomic E-state index is 12.7. The predicted molar refractivity (Wildman–Crippen MR) is 104 cm³/mol. The number of nitrogens with zero attached hydrogens (tertiary/aromatic N) is 1. The topological polar surface area (TPSA) is 65.0 Å². The zero-order valence-electron chi connectivity index (χ0n) is 14.8. The molecule has 0 N–H and O–H groups in total. The highest BCUT2D eigenvalue weighted by Crippen LogP contribution is 2.41. The van der Waals surface area contributed by atoms with E-state index in [1.807, 2.05) is 24.3 Å². The fraction of sp³-hybridized carbons (Fsp3) is 0.421. The van der Waals surface area contributed by atoms with Gasteiger partial charge in [0.25, 0.3) is 0 Å². The van der Waals surface area contributed by atoms with Gasteiger partial charge in [-0.15, -0.1) is 0 Å². The van der Waals surface area contributed by atoms with Gasteiger partial charge < -0.3 is 9.47 Å². The molecule has 6 heteroatoms. The van der Waals surface area contributed by atoms with Crippen molar-refractivity contribution in [1.29, 1.82) is 0 Å². The van der Waals surface area contributed by atoms with Crippen LogP contribution in [0.2, 0.25) is 0 Å². The van der Waals surface area contributed by atoms with Crippen molar-refractivity contribution >= 4 is 40.2 Å². The van der Waals surface area contributed by atoms with Crippen molar-refractivity contribution in [1.82, 2.24) is 0 Å². The van der Waals surface area contributed by atoms with E-state index in [9.17, 15) is 9.59 Å². The molecule has 25 heavy (non-hydrogen) atoms. The minimum Gasteiger partial charge on any atom is -0.465 e. The second-order valence-corrected chi connectivity index (χ2v) is 6.86. The third-order valence-corrected chi connectivity index (χ3v) is 5.09. The minimum absolute atomic E-state index is 0.265. The summed E-state index contributed by atoms with van der Waals surface area (Å²) in [7, 11) is 0. The van der Waals surface area contributed by atoms with Crippen molar-refractivity contribution < 1.29 is 19.1 Å². The Kier molecular flexibility index (Phi) is 6.75. The number of allylic oxidation sites excluding steroid dienone is 1. The Morgan fingerprint density at radius 2 is 1.76 bits per heavy atom. The molecule has 5 nitrogen and oxygen atoms in total. The van der Waals surface area contributed by atoms with Crippen molar-refractivity contribution in [3.63, 3.8) is 0 Å². The number of halogens is 1. The van der Waals surface area contributed by atoms with E-state index in [1.54, 1.807) is 27.7 Å². The first-order chi connectivity index (χ1) is 11.9. The number of carbonyl (C=O) groups excluding carboxylic acids is 2. The quantitative estimate of drug-likeness (QED) is 0.500. The predicted octanol–water partition coefficient (Wildman–Crippen LogP) is 3.87. The molecule has 0 aliphatic carbocycles. The fourth-order valence-corrected chi connectivity index (χ4v) is 3.83. The maximum Gasteiger partial charge on any atom is 0.336 e. The van der Waals surface area contributed by atoms with Gasteiger partial charge >= 0.3 is 11.9 Å². The monoisotopic (exact) mass is 455 g/mol. The Morgan fingerprint density at radius 1 is 1.12 bits per heavy atom. The molecule has 2 atom stereocenters. The molecular weight excluding hydrogens is 433 g/mol. The lowest BCUT2D eigenvalue weighted by molar-refractivity contribution is -0.146. The summed E-state index contributed by atoms with van der Waals surface area (Å²) >= 11 is 2.22. The molecule has 1 aliphatic rings. The molecular formula is C19H22INO4. The van der Waals surface area contributed by atoms with Crippen LogP contribution in [0.25, 0.3) is 0 Å². The summed E-state index contributed by atoms with van der Waals surface area (Å²) in [6, 6.07) is 7.72. The zero-order valence-corrected chi connectivity index (χ0v) is 17.0. The highest BCUT2D eigenvalue weighted by atomic mass is 127. The zero-order chi connectivity index (χ0) is 18.6. The molecule has 0 amide bonds. The summed E-state index contributed by atoms with van der Waals surface area (Å²) in [5, 5.41) is 0. The van der Waals surface area contributed by atoms with E-state index in [1.165, 1.54) is 0 Å². The molecule has 0 aromatic heterocycles. The lowest BCUT2D eigenvalue weighted by Crippen LogP contribution is -2.37. The average Bonchev–Trinajstić information content (AvgIpc) is 2.54. The molecule has 134 valence electrons. The molecule has 1 heterocycles. The average molecular weight is 455 g/mol. The van der Waals surface area contributed by atoms with Gasteiger partial charge in [0.15, 0.2) is 0 Å². The smallest absolute Gasteiger partial charge is 0.336 e. The number of aliphatic imine (C=N–C) groups is 1. The Bertz CT molecular complexity index is 739. The molecule has 0 bridgehead atoms. The van der Waals surface area contributed by atoms with E-state index in [-0.39, 0.29) is 19.2 Å². The van der Waals surface area contributed by atoms with Crippen LogP contribution in [0.1, 0.15) is 39.2 Å². The van der Waals surface area contributed by atoms with Gasteiger partial charge in [-0.3, -0.25) is 9.79 Å². The number of benzene rings is 1. The summed E-state index contributed by atoms with van der Waals surface area (Å²) in [5.74, 6) is -1.92. The Balaban J connectivity index is 2.65. The van der Waals surface area contributed by atoms with E-state index in [4.69, 9.17) is 9.47 Å². The molecule has 2 rings (SSSR count). The summed E-state index contributed by atoms with van der Waals surface area (Å²) in [5.41, 5.74) is 2.56. The Hall–Kier alpha value is -1.70.